The van der Waals surface area contributed by atoms with Crippen LogP contribution in [0.15, 0.2) is 0 Å². The van der Waals surface area contributed by atoms with Gasteiger partial charge in [-0.1, -0.05) is 13.8 Å². The van der Waals surface area contributed by atoms with E-state index in [1.54, 1.807) is 11.8 Å². The normalized spacial score (nSPS) is 32.5. The van der Waals surface area contributed by atoms with Gasteiger partial charge < -0.3 is 18.9 Å². The van der Waals surface area contributed by atoms with E-state index in [0.29, 0.717) is 0 Å². The lowest BCUT2D eigenvalue weighted by Gasteiger charge is -2.44. The van der Waals surface area contributed by atoms with E-state index in [-0.39, 0.29) is 29.9 Å². The number of esters is 2. The molecule has 1 aliphatic rings. The Balaban J connectivity index is 2.89. The van der Waals surface area contributed by atoms with Crippen LogP contribution in [-0.4, -0.2) is 55.2 Å². The van der Waals surface area contributed by atoms with Crippen molar-refractivity contribution in [1.29, 1.82) is 0 Å². The smallest absolute Gasteiger partial charge is 0.303 e. The molecule has 21 heavy (non-hydrogen) atoms. The van der Waals surface area contributed by atoms with E-state index in [0.717, 1.165) is 5.75 Å². The van der Waals surface area contributed by atoms with Gasteiger partial charge in [0.2, 0.25) is 0 Å². The molecule has 1 heterocycles. The van der Waals surface area contributed by atoms with Crippen LogP contribution in [-0.2, 0) is 28.5 Å². The number of rotatable bonds is 6. The van der Waals surface area contributed by atoms with Gasteiger partial charge >= 0.3 is 11.9 Å². The zero-order chi connectivity index (χ0) is 16.0. The summed E-state index contributed by atoms with van der Waals surface area (Å²) in [6, 6.07) is 0. The van der Waals surface area contributed by atoms with Crippen molar-refractivity contribution in [2.75, 3.05) is 19.5 Å². The summed E-state index contributed by atoms with van der Waals surface area (Å²) in [7, 11) is 1.53. The molecule has 0 aromatic carbocycles. The first-order valence-corrected chi connectivity index (χ1v) is 8.06. The van der Waals surface area contributed by atoms with Crippen LogP contribution in [0.2, 0.25) is 0 Å². The molecule has 1 rings (SSSR count). The second kappa shape index (κ2) is 8.60. The number of ether oxygens (including phenoxy) is 4. The van der Waals surface area contributed by atoms with Crippen molar-refractivity contribution >= 4 is 23.7 Å². The molecule has 1 fully saturated rings. The third-order valence-corrected chi connectivity index (χ3v) is 4.50. The lowest BCUT2D eigenvalue weighted by atomic mass is 9.93. The number of hydrogen-bond acceptors (Lipinski definition) is 7. The third kappa shape index (κ3) is 5.16. The molecule has 0 aromatic heterocycles. The van der Waals surface area contributed by atoms with E-state index in [9.17, 15) is 9.59 Å². The highest BCUT2D eigenvalue weighted by Crippen LogP contribution is 2.35. The summed E-state index contributed by atoms with van der Waals surface area (Å²) in [6.07, 6.45) is -1.34. The van der Waals surface area contributed by atoms with Gasteiger partial charge in [0.25, 0.3) is 0 Å². The topological polar surface area (TPSA) is 71.1 Å². The first-order chi connectivity index (χ1) is 9.90. The summed E-state index contributed by atoms with van der Waals surface area (Å²) in [5.74, 6) is 0.121. The molecule has 0 aliphatic carbocycles. The van der Waals surface area contributed by atoms with E-state index >= 15 is 0 Å². The van der Waals surface area contributed by atoms with E-state index in [4.69, 9.17) is 18.9 Å². The molecular weight excluding hydrogens is 296 g/mol. The second-order valence-electron chi connectivity index (χ2n) is 4.93. The lowest BCUT2D eigenvalue weighted by molar-refractivity contribution is -0.211. The number of carbonyl (C=O) groups is 2. The molecule has 0 N–H and O–H groups in total. The molecule has 6 nitrogen and oxygen atoms in total. The molecule has 1 aliphatic heterocycles. The third-order valence-electron chi connectivity index (χ3n) is 3.30. The fraction of sp³-hybridized carbons (Fsp3) is 0.857. The molecule has 0 amide bonds. The van der Waals surface area contributed by atoms with Gasteiger partial charge in [-0.3, -0.25) is 9.59 Å². The van der Waals surface area contributed by atoms with Gasteiger partial charge in [0, 0.05) is 26.9 Å². The minimum absolute atomic E-state index is 0.0163. The van der Waals surface area contributed by atoms with Crippen molar-refractivity contribution in [3.63, 3.8) is 0 Å². The van der Waals surface area contributed by atoms with Crippen LogP contribution in [0.25, 0.3) is 0 Å². The zero-order valence-corrected chi connectivity index (χ0v) is 14.0. The maximum Gasteiger partial charge on any atom is 0.303 e. The molecule has 0 spiro atoms. The molecule has 1 saturated heterocycles. The highest BCUT2D eigenvalue weighted by atomic mass is 32.2. The lowest BCUT2D eigenvalue weighted by Crippen LogP contribution is -2.56. The van der Waals surface area contributed by atoms with Crippen LogP contribution in [0.3, 0.4) is 0 Å². The number of thioether (sulfide) groups is 1. The van der Waals surface area contributed by atoms with Gasteiger partial charge in [0.15, 0.2) is 0 Å². The fourth-order valence-electron chi connectivity index (χ4n) is 2.38. The Kier molecular flexibility index (Phi) is 7.48. The quantitative estimate of drug-likeness (QED) is 0.689. The van der Waals surface area contributed by atoms with E-state index in [1.807, 2.05) is 13.8 Å². The van der Waals surface area contributed by atoms with Crippen LogP contribution in [0.5, 0.6) is 0 Å². The maximum atomic E-state index is 11.3. The predicted octanol–water partition coefficient (Wildman–Crippen LogP) is 1.61. The number of methoxy groups -OCH3 is 1. The molecule has 5 atom stereocenters. The van der Waals surface area contributed by atoms with Crippen LogP contribution in [0.4, 0.5) is 0 Å². The molecule has 122 valence electrons. The minimum atomic E-state index is -0.461. The fourth-order valence-corrected chi connectivity index (χ4v) is 3.39. The first kappa shape index (κ1) is 18.3. The number of hydrogen-bond donors (Lipinski definition) is 0. The average molecular weight is 320 g/mol. The maximum absolute atomic E-state index is 11.3. The average Bonchev–Trinajstić information content (AvgIpc) is 2.41. The largest absolute Gasteiger partial charge is 0.463 e. The van der Waals surface area contributed by atoms with Crippen molar-refractivity contribution in [1.82, 2.24) is 0 Å². The summed E-state index contributed by atoms with van der Waals surface area (Å²) >= 11 is 1.63. The molecule has 0 aromatic rings. The number of carbonyl (C=O) groups excluding carboxylic acids is 2. The predicted molar refractivity (Wildman–Crippen MR) is 78.9 cm³/mol. The van der Waals surface area contributed by atoms with Crippen molar-refractivity contribution in [2.24, 2.45) is 5.92 Å². The summed E-state index contributed by atoms with van der Waals surface area (Å²) in [5.41, 5.74) is -0.133. The Morgan fingerprint density at radius 1 is 1.19 bits per heavy atom. The standard InChI is InChI=1S/C14H24O6S/c1-6-21-14-8(2)12(19-10(4)16)13(17-5)11(20-14)7-18-9(3)15/h8,11-14H,6-7H2,1-5H3/t8?,11?,12?,13?,14-/m0/s1. The van der Waals surface area contributed by atoms with Gasteiger partial charge in [-0.2, -0.15) is 0 Å². The molecule has 7 heteroatoms. The molecule has 4 unspecified atom stereocenters. The van der Waals surface area contributed by atoms with Gasteiger partial charge in [-0.05, 0) is 5.75 Å². The molecule has 0 radical (unpaired) electrons. The van der Waals surface area contributed by atoms with Crippen LogP contribution in [0.1, 0.15) is 27.7 Å². The van der Waals surface area contributed by atoms with Gasteiger partial charge in [0.05, 0.1) is 0 Å². The van der Waals surface area contributed by atoms with Gasteiger partial charge in [-0.25, -0.2) is 0 Å². The monoisotopic (exact) mass is 320 g/mol. The van der Waals surface area contributed by atoms with E-state index in [2.05, 4.69) is 0 Å². The van der Waals surface area contributed by atoms with Crippen LogP contribution in [0, 0.1) is 5.92 Å². The Morgan fingerprint density at radius 3 is 2.33 bits per heavy atom. The van der Waals surface area contributed by atoms with Crippen molar-refractivity contribution < 1.29 is 28.5 Å². The molecular formula is C14H24O6S. The minimum Gasteiger partial charge on any atom is -0.463 e. The Bertz CT molecular complexity index is 361. The van der Waals surface area contributed by atoms with Crippen LogP contribution >= 0.6 is 11.8 Å². The zero-order valence-electron chi connectivity index (χ0n) is 13.2. The van der Waals surface area contributed by atoms with Crippen LogP contribution < -0.4 is 0 Å². The Hall–Kier alpha value is -0.790. The Labute approximate surface area is 129 Å². The molecule has 0 saturated carbocycles. The van der Waals surface area contributed by atoms with Crippen molar-refractivity contribution in [3.05, 3.63) is 0 Å². The second-order valence-corrected chi connectivity index (χ2v) is 6.31. The van der Waals surface area contributed by atoms with Crippen molar-refractivity contribution in [2.45, 2.75) is 51.4 Å². The summed E-state index contributed by atoms with van der Waals surface area (Å²) in [4.78, 5) is 22.3. The summed E-state index contributed by atoms with van der Waals surface area (Å²) in [6.45, 7) is 6.80. The highest BCUT2D eigenvalue weighted by molar-refractivity contribution is 7.99. The molecule has 0 bridgehead atoms. The van der Waals surface area contributed by atoms with Gasteiger partial charge in [0.1, 0.15) is 30.4 Å². The first-order valence-electron chi connectivity index (χ1n) is 7.01. The Morgan fingerprint density at radius 2 is 1.86 bits per heavy atom. The highest BCUT2D eigenvalue weighted by Gasteiger charge is 2.46. The van der Waals surface area contributed by atoms with Gasteiger partial charge in [-0.15, -0.1) is 11.8 Å². The summed E-state index contributed by atoms with van der Waals surface area (Å²) in [5, 5.41) is 0. The summed E-state index contributed by atoms with van der Waals surface area (Å²) < 4.78 is 21.9. The van der Waals surface area contributed by atoms with E-state index < -0.39 is 18.3 Å². The SMILES string of the molecule is CCS[C@@H]1OC(COC(C)=O)C(OC)C(OC(C)=O)C1C. The van der Waals surface area contributed by atoms with Crippen molar-refractivity contribution in [3.8, 4) is 0 Å². The van der Waals surface area contributed by atoms with E-state index in [1.165, 1.54) is 21.0 Å².